The summed E-state index contributed by atoms with van der Waals surface area (Å²) in [6.45, 7) is 16.6. The van der Waals surface area contributed by atoms with Crippen molar-refractivity contribution in [3.8, 4) is 0 Å². The van der Waals surface area contributed by atoms with Gasteiger partial charge >= 0.3 is 120 Å². The topological polar surface area (TPSA) is 6.48 Å². The molecule has 0 spiro atoms. The zero-order chi connectivity index (χ0) is 13.8. The van der Waals surface area contributed by atoms with Gasteiger partial charge in [-0.1, -0.05) is 0 Å². The minimum absolute atomic E-state index is 0.681. The van der Waals surface area contributed by atoms with Crippen molar-refractivity contribution >= 4 is 14.3 Å². The Hall–Kier alpha value is 0.463. The van der Waals surface area contributed by atoms with Crippen LogP contribution in [-0.4, -0.2) is 63.4 Å². The molecule has 3 heteroatoms. The van der Waals surface area contributed by atoms with E-state index in [1.807, 2.05) is 0 Å². The van der Waals surface area contributed by atoms with E-state index < -0.39 is 14.3 Å². The van der Waals surface area contributed by atoms with Crippen molar-refractivity contribution < 1.29 is 0 Å². The molecule has 0 saturated heterocycles. The fraction of sp³-hybridized carbons (Fsp3) is 1.00. The average Bonchev–Trinajstić information content (AvgIpc) is 2.40. The van der Waals surface area contributed by atoms with E-state index in [2.05, 4.69) is 43.3 Å². The van der Waals surface area contributed by atoms with E-state index in [1.165, 1.54) is 52.1 Å². The molecule has 0 rings (SSSR count). The van der Waals surface area contributed by atoms with Crippen LogP contribution in [-0.2, 0) is 0 Å². The predicted octanol–water partition coefficient (Wildman–Crippen LogP) is 3.57. The van der Waals surface area contributed by atoms with Crippen LogP contribution in [0.2, 0.25) is 16.3 Å². The molecular formula is C15H35GeN2. The van der Waals surface area contributed by atoms with Gasteiger partial charge in [0.05, 0.1) is 0 Å². The quantitative estimate of drug-likeness (QED) is 0.508. The molecule has 0 aliphatic rings. The van der Waals surface area contributed by atoms with Gasteiger partial charge < -0.3 is 0 Å². The van der Waals surface area contributed by atoms with Gasteiger partial charge in [-0.15, -0.1) is 0 Å². The fourth-order valence-corrected chi connectivity index (χ4v) is 6.13. The normalized spacial score (nSPS) is 12.0. The molecule has 0 amide bonds. The Balaban J connectivity index is 3.50. The SMILES string of the molecule is CCN(CC)CC[CH2][Ge]([CH3])[CH2]CCN(CC)CC. The summed E-state index contributed by atoms with van der Waals surface area (Å²) in [4.78, 5) is 5.11. The summed E-state index contributed by atoms with van der Waals surface area (Å²) in [5.41, 5.74) is 0. The van der Waals surface area contributed by atoms with Crippen molar-refractivity contribution in [1.82, 2.24) is 9.80 Å². The summed E-state index contributed by atoms with van der Waals surface area (Å²) in [5.74, 6) is 2.59. The maximum atomic E-state index is 2.59. The second kappa shape index (κ2) is 12.5. The van der Waals surface area contributed by atoms with Crippen molar-refractivity contribution in [2.24, 2.45) is 0 Å². The predicted molar refractivity (Wildman–Crippen MR) is 86.0 cm³/mol. The Bertz CT molecular complexity index is 150. The van der Waals surface area contributed by atoms with Crippen LogP contribution < -0.4 is 0 Å². The van der Waals surface area contributed by atoms with Crippen LogP contribution in [0.1, 0.15) is 40.5 Å². The van der Waals surface area contributed by atoms with Crippen LogP contribution in [0.15, 0.2) is 0 Å². The molecule has 0 heterocycles. The van der Waals surface area contributed by atoms with Gasteiger partial charge in [0.15, 0.2) is 0 Å². The third-order valence-corrected chi connectivity index (χ3v) is 9.01. The van der Waals surface area contributed by atoms with E-state index >= 15 is 0 Å². The van der Waals surface area contributed by atoms with Crippen LogP contribution in [0.25, 0.3) is 0 Å². The van der Waals surface area contributed by atoms with E-state index in [1.54, 1.807) is 10.5 Å². The molecule has 2 nitrogen and oxygen atoms in total. The summed E-state index contributed by atoms with van der Waals surface area (Å²) in [6.07, 6.45) is 2.89. The standard InChI is InChI=1S/C15H35GeN2/c1-6-17(7-2)14-10-12-16(5)13-11-15-18(8-3)9-4/h6-15H2,1-5H3. The van der Waals surface area contributed by atoms with Gasteiger partial charge in [0.1, 0.15) is 0 Å². The Morgan fingerprint density at radius 2 is 1.00 bits per heavy atom. The molecule has 0 N–H and O–H groups in total. The van der Waals surface area contributed by atoms with E-state index in [4.69, 9.17) is 0 Å². The van der Waals surface area contributed by atoms with Crippen LogP contribution in [0.4, 0.5) is 0 Å². The molecule has 0 aromatic rings. The Morgan fingerprint density at radius 1 is 0.667 bits per heavy atom. The first-order valence-electron chi connectivity index (χ1n) is 7.93. The first kappa shape index (κ1) is 18.5. The molecular weight excluding hydrogens is 281 g/mol. The summed E-state index contributed by atoms with van der Waals surface area (Å²) in [6, 6.07) is 0. The van der Waals surface area contributed by atoms with Gasteiger partial charge in [-0.25, -0.2) is 0 Å². The monoisotopic (exact) mass is 317 g/mol. The molecule has 0 aromatic carbocycles. The van der Waals surface area contributed by atoms with Gasteiger partial charge in [-0.05, 0) is 0 Å². The number of nitrogens with zero attached hydrogens (tertiary/aromatic N) is 2. The minimum atomic E-state index is -0.681. The van der Waals surface area contributed by atoms with Crippen molar-refractivity contribution in [1.29, 1.82) is 0 Å². The van der Waals surface area contributed by atoms with Gasteiger partial charge in [0.25, 0.3) is 0 Å². The molecule has 0 bridgehead atoms. The molecule has 109 valence electrons. The van der Waals surface area contributed by atoms with Gasteiger partial charge in [-0.2, -0.15) is 0 Å². The third kappa shape index (κ3) is 9.40. The van der Waals surface area contributed by atoms with Crippen molar-refractivity contribution in [3.05, 3.63) is 0 Å². The molecule has 0 unspecified atom stereocenters. The van der Waals surface area contributed by atoms with Crippen molar-refractivity contribution in [2.75, 3.05) is 39.3 Å². The summed E-state index contributed by atoms with van der Waals surface area (Å²) in [7, 11) is 0. The van der Waals surface area contributed by atoms with E-state index in [-0.39, 0.29) is 0 Å². The Labute approximate surface area is 120 Å². The van der Waals surface area contributed by atoms with E-state index in [0.717, 1.165) is 0 Å². The molecule has 0 aromatic heterocycles. The molecule has 0 atom stereocenters. The summed E-state index contributed by atoms with van der Waals surface area (Å²) < 4.78 is 0. The maximum absolute atomic E-state index is 2.59. The van der Waals surface area contributed by atoms with Crippen molar-refractivity contribution in [3.63, 3.8) is 0 Å². The molecule has 0 fully saturated rings. The van der Waals surface area contributed by atoms with Crippen LogP contribution in [0.3, 0.4) is 0 Å². The van der Waals surface area contributed by atoms with Gasteiger partial charge in [0, 0.05) is 0 Å². The Morgan fingerprint density at radius 3 is 1.28 bits per heavy atom. The molecule has 0 aliphatic heterocycles. The zero-order valence-electron chi connectivity index (χ0n) is 13.5. The van der Waals surface area contributed by atoms with Crippen LogP contribution >= 0.6 is 0 Å². The summed E-state index contributed by atoms with van der Waals surface area (Å²) >= 11 is -0.681. The first-order valence-corrected chi connectivity index (χ1v) is 13.0. The van der Waals surface area contributed by atoms with Crippen LogP contribution in [0.5, 0.6) is 0 Å². The van der Waals surface area contributed by atoms with Crippen molar-refractivity contribution in [2.45, 2.75) is 56.8 Å². The zero-order valence-corrected chi connectivity index (χ0v) is 15.6. The summed E-state index contributed by atoms with van der Waals surface area (Å²) in [5, 5.41) is 3.13. The number of hydrogen-bond donors (Lipinski definition) is 0. The number of hydrogen-bond acceptors (Lipinski definition) is 2. The second-order valence-electron chi connectivity index (χ2n) is 5.22. The third-order valence-electron chi connectivity index (χ3n) is 3.94. The Kier molecular flexibility index (Phi) is 12.8. The molecule has 0 saturated carbocycles. The first-order chi connectivity index (χ1) is 8.67. The average molecular weight is 316 g/mol. The fourth-order valence-electron chi connectivity index (χ4n) is 2.41. The number of rotatable bonds is 12. The molecule has 1 radical (unpaired) electrons. The molecule has 0 aliphatic carbocycles. The van der Waals surface area contributed by atoms with Gasteiger partial charge in [0.2, 0.25) is 0 Å². The molecule has 18 heavy (non-hydrogen) atoms. The second-order valence-corrected chi connectivity index (χ2v) is 11.3. The van der Waals surface area contributed by atoms with Gasteiger partial charge in [-0.3, -0.25) is 0 Å². The van der Waals surface area contributed by atoms with E-state index in [9.17, 15) is 0 Å². The van der Waals surface area contributed by atoms with Crippen LogP contribution in [0, 0.1) is 0 Å². The van der Waals surface area contributed by atoms with E-state index in [0.29, 0.717) is 0 Å².